The van der Waals surface area contributed by atoms with Crippen LogP contribution in [0.5, 0.6) is 17.2 Å². The van der Waals surface area contributed by atoms with Gasteiger partial charge in [0.15, 0.2) is 16.6 Å². The highest BCUT2D eigenvalue weighted by molar-refractivity contribution is 7.22. The molecule has 0 saturated heterocycles. The normalized spacial score (nSPS) is 11.0. The smallest absolute Gasteiger partial charge is 0.253 e. The van der Waals surface area contributed by atoms with E-state index in [0.29, 0.717) is 28.9 Å². The van der Waals surface area contributed by atoms with E-state index in [9.17, 15) is 4.79 Å². The fraction of sp³-hybridized carbons (Fsp3) is 0.160. The van der Waals surface area contributed by atoms with Crippen molar-refractivity contribution in [3.63, 3.8) is 0 Å². The SMILES string of the molecule is COc1cc(/C=C/C(=O)N(Cc2ccccn2)c2nc3ccccc3s2)cc(OC)c1OC. The highest BCUT2D eigenvalue weighted by atomic mass is 32.1. The van der Waals surface area contributed by atoms with Gasteiger partial charge in [-0.25, -0.2) is 4.98 Å². The minimum atomic E-state index is -0.214. The monoisotopic (exact) mass is 461 g/mol. The molecule has 1 amide bonds. The van der Waals surface area contributed by atoms with Gasteiger partial charge in [-0.05, 0) is 48.0 Å². The summed E-state index contributed by atoms with van der Waals surface area (Å²) in [5.74, 6) is 1.31. The Hall–Kier alpha value is -3.91. The van der Waals surface area contributed by atoms with Gasteiger partial charge in [-0.3, -0.25) is 14.7 Å². The molecule has 0 aliphatic rings. The number of para-hydroxylation sites is 1. The van der Waals surface area contributed by atoms with Gasteiger partial charge in [-0.1, -0.05) is 29.5 Å². The largest absolute Gasteiger partial charge is 0.493 e. The summed E-state index contributed by atoms with van der Waals surface area (Å²) in [6.45, 7) is 0.305. The maximum Gasteiger partial charge on any atom is 0.253 e. The third-order valence-electron chi connectivity index (χ3n) is 4.93. The number of rotatable bonds is 8. The number of benzene rings is 2. The van der Waals surface area contributed by atoms with E-state index in [2.05, 4.69) is 9.97 Å². The van der Waals surface area contributed by atoms with Gasteiger partial charge in [0.05, 0.1) is 43.8 Å². The molecule has 2 aromatic heterocycles. The van der Waals surface area contributed by atoms with E-state index in [0.717, 1.165) is 21.5 Å². The second kappa shape index (κ2) is 10.1. The van der Waals surface area contributed by atoms with Gasteiger partial charge in [-0.2, -0.15) is 0 Å². The Balaban J connectivity index is 1.67. The molecule has 0 atom stereocenters. The van der Waals surface area contributed by atoms with Crippen molar-refractivity contribution < 1.29 is 19.0 Å². The Morgan fingerprint density at radius 1 is 1.00 bits per heavy atom. The van der Waals surface area contributed by atoms with E-state index in [1.165, 1.54) is 17.4 Å². The summed E-state index contributed by atoms with van der Waals surface area (Å²) < 4.78 is 17.2. The van der Waals surface area contributed by atoms with Crippen molar-refractivity contribution in [3.05, 3.63) is 78.1 Å². The lowest BCUT2D eigenvalue weighted by Crippen LogP contribution is -2.29. The topological polar surface area (TPSA) is 73.8 Å². The Bertz CT molecular complexity index is 1230. The summed E-state index contributed by atoms with van der Waals surface area (Å²) in [6.07, 6.45) is 4.93. The number of pyridine rings is 1. The average Bonchev–Trinajstić information content (AvgIpc) is 3.29. The number of carbonyl (C=O) groups excluding carboxylic acids is 1. The van der Waals surface area contributed by atoms with Gasteiger partial charge in [0.2, 0.25) is 5.75 Å². The Morgan fingerprint density at radius 2 is 1.73 bits per heavy atom. The van der Waals surface area contributed by atoms with Gasteiger partial charge < -0.3 is 14.2 Å². The molecule has 0 aliphatic carbocycles. The van der Waals surface area contributed by atoms with Gasteiger partial charge in [0, 0.05) is 12.3 Å². The van der Waals surface area contributed by atoms with Gasteiger partial charge in [0.25, 0.3) is 5.91 Å². The van der Waals surface area contributed by atoms with Crippen molar-refractivity contribution in [1.82, 2.24) is 9.97 Å². The van der Waals surface area contributed by atoms with Crippen molar-refractivity contribution in [2.45, 2.75) is 6.54 Å². The summed E-state index contributed by atoms with van der Waals surface area (Å²) in [5.41, 5.74) is 2.36. The molecule has 2 aromatic carbocycles. The van der Waals surface area contributed by atoms with Crippen LogP contribution in [0.4, 0.5) is 5.13 Å². The number of aromatic nitrogens is 2. The summed E-state index contributed by atoms with van der Waals surface area (Å²) in [6, 6.07) is 17.0. The fourth-order valence-corrected chi connectivity index (χ4v) is 4.29. The van der Waals surface area contributed by atoms with E-state index < -0.39 is 0 Å². The van der Waals surface area contributed by atoms with Gasteiger partial charge in [0.1, 0.15) is 0 Å². The summed E-state index contributed by atoms with van der Waals surface area (Å²) >= 11 is 1.47. The van der Waals surface area contributed by atoms with Crippen molar-refractivity contribution in [2.24, 2.45) is 0 Å². The van der Waals surface area contributed by atoms with Crippen LogP contribution >= 0.6 is 11.3 Å². The maximum atomic E-state index is 13.3. The number of nitrogens with zero attached hydrogens (tertiary/aromatic N) is 3. The van der Waals surface area contributed by atoms with E-state index in [4.69, 9.17) is 14.2 Å². The highest BCUT2D eigenvalue weighted by Crippen LogP contribution is 2.38. The van der Waals surface area contributed by atoms with Crippen molar-refractivity contribution >= 4 is 38.7 Å². The lowest BCUT2D eigenvalue weighted by molar-refractivity contribution is -0.114. The molecule has 0 aliphatic heterocycles. The summed E-state index contributed by atoms with van der Waals surface area (Å²) in [4.78, 5) is 24.0. The van der Waals surface area contributed by atoms with Crippen molar-refractivity contribution in [1.29, 1.82) is 0 Å². The van der Waals surface area contributed by atoms with Crippen LogP contribution in [0.2, 0.25) is 0 Å². The number of amides is 1. The molecule has 0 N–H and O–H groups in total. The first kappa shape index (κ1) is 22.3. The van der Waals surface area contributed by atoms with E-state index in [1.54, 1.807) is 50.6 Å². The van der Waals surface area contributed by atoms with Crippen molar-refractivity contribution in [2.75, 3.05) is 26.2 Å². The van der Waals surface area contributed by atoms with Crippen LogP contribution in [0, 0.1) is 0 Å². The highest BCUT2D eigenvalue weighted by Gasteiger charge is 2.19. The first-order valence-corrected chi connectivity index (χ1v) is 11.0. The van der Waals surface area contributed by atoms with Crippen LogP contribution < -0.4 is 19.1 Å². The zero-order chi connectivity index (χ0) is 23.2. The number of carbonyl (C=O) groups is 1. The van der Waals surface area contributed by atoms with E-state index >= 15 is 0 Å². The molecule has 4 aromatic rings. The lowest BCUT2D eigenvalue weighted by atomic mass is 10.1. The second-order valence-corrected chi connectivity index (χ2v) is 8.01. The molecule has 2 heterocycles. The first-order valence-electron chi connectivity index (χ1n) is 10.2. The van der Waals surface area contributed by atoms with Crippen LogP contribution in [0.15, 0.2) is 66.9 Å². The molecule has 0 spiro atoms. The molecule has 0 saturated carbocycles. The third-order valence-corrected chi connectivity index (χ3v) is 5.99. The first-order chi connectivity index (χ1) is 16.1. The van der Waals surface area contributed by atoms with Crippen LogP contribution in [0.3, 0.4) is 0 Å². The number of hydrogen-bond acceptors (Lipinski definition) is 7. The number of ether oxygens (including phenoxy) is 3. The molecule has 4 rings (SSSR count). The quantitative estimate of drug-likeness (QED) is 0.345. The Morgan fingerprint density at radius 3 is 2.36 bits per heavy atom. The minimum absolute atomic E-state index is 0.214. The third kappa shape index (κ3) is 4.96. The van der Waals surface area contributed by atoms with Crippen LogP contribution in [0.25, 0.3) is 16.3 Å². The predicted molar refractivity (Wildman–Crippen MR) is 130 cm³/mol. The van der Waals surface area contributed by atoms with E-state index in [-0.39, 0.29) is 5.91 Å². The molecule has 7 nitrogen and oxygen atoms in total. The van der Waals surface area contributed by atoms with Crippen LogP contribution in [-0.2, 0) is 11.3 Å². The van der Waals surface area contributed by atoms with Crippen molar-refractivity contribution in [3.8, 4) is 17.2 Å². The molecule has 168 valence electrons. The van der Waals surface area contributed by atoms with E-state index in [1.807, 2.05) is 42.5 Å². The maximum absolute atomic E-state index is 13.3. The molecule has 33 heavy (non-hydrogen) atoms. The zero-order valence-corrected chi connectivity index (χ0v) is 19.3. The molecule has 0 unspecified atom stereocenters. The molecule has 0 bridgehead atoms. The Kier molecular flexibility index (Phi) is 6.85. The lowest BCUT2D eigenvalue weighted by Gasteiger charge is -2.18. The standard InChI is InChI=1S/C25H23N3O4S/c1-30-20-14-17(15-21(31-2)24(20)32-3)11-12-23(29)28(16-18-8-6-7-13-26-18)25-27-19-9-4-5-10-22(19)33-25/h4-15H,16H2,1-3H3/b12-11+. The predicted octanol–water partition coefficient (Wildman–Crippen LogP) is 4.96. The zero-order valence-electron chi connectivity index (χ0n) is 18.5. The fourth-order valence-electron chi connectivity index (χ4n) is 3.32. The number of methoxy groups -OCH3 is 3. The summed E-state index contributed by atoms with van der Waals surface area (Å²) in [7, 11) is 4.65. The number of hydrogen-bond donors (Lipinski definition) is 0. The molecule has 8 heteroatoms. The number of anilines is 1. The molecule has 0 fully saturated rings. The van der Waals surface area contributed by atoms with Crippen LogP contribution in [0.1, 0.15) is 11.3 Å². The average molecular weight is 462 g/mol. The molecule has 0 radical (unpaired) electrons. The second-order valence-electron chi connectivity index (χ2n) is 7.00. The Labute approximate surface area is 195 Å². The van der Waals surface area contributed by atoms with Gasteiger partial charge in [-0.15, -0.1) is 0 Å². The summed E-state index contributed by atoms with van der Waals surface area (Å²) in [5, 5.41) is 0.612. The molecular weight excluding hydrogens is 438 g/mol. The van der Waals surface area contributed by atoms with Gasteiger partial charge >= 0.3 is 0 Å². The number of thiazole rings is 1. The minimum Gasteiger partial charge on any atom is -0.493 e. The van der Waals surface area contributed by atoms with Crippen LogP contribution in [-0.4, -0.2) is 37.2 Å². The molecular formula is C25H23N3O4S. The number of fused-ring (bicyclic) bond motifs is 1.